The van der Waals surface area contributed by atoms with Crippen molar-refractivity contribution in [3.8, 4) is 0 Å². The van der Waals surface area contributed by atoms with Crippen LogP contribution in [0, 0.1) is 11.8 Å². The van der Waals surface area contributed by atoms with Gasteiger partial charge in [-0.1, -0.05) is 12.2 Å². The Labute approximate surface area is 72.3 Å². The molecule has 12 heavy (non-hydrogen) atoms. The molecule has 2 aliphatic carbocycles. The molecule has 64 valence electrons. The van der Waals surface area contributed by atoms with Crippen molar-refractivity contribution >= 4 is 5.78 Å². The highest BCUT2D eigenvalue weighted by Crippen LogP contribution is 2.53. The molecule has 2 rings (SSSR count). The first-order chi connectivity index (χ1) is 5.66. The van der Waals surface area contributed by atoms with E-state index in [-0.39, 0.29) is 0 Å². The molecule has 1 fully saturated rings. The quantitative estimate of drug-likeness (QED) is 0.664. The van der Waals surface area contributed by atoms with Gasteiger partial charge in [-0.25, -0.2) is 0 Å². The van der Waals surface area contributed by atoms with E-state index in [0.717, 1.165) is 17.7 Å². The van der Waals surface area contributed by atoms with Crippen LogP contribution in [0.1, 0.15) is 13.3 Å². The molecule has 2 atom stereocenters. The minimum absolute atomic E-state index is 0.291. The van der Waals surface area contributed by atoms with E-state index in [1.54, 1.807) is 7.05 Å². The highest BCUT2D eigenvalue weighted by atomic mass is 16.1. The van der Waals surface area contributed by atoms with Crippen molar-refractivity contribution in [2.75, 3.05) is 7.05 Å². The molecule has 0 aromatic heterocycles. The molecule has 0 aromatic carbocycles. The van der Waals surface area contributed by atoms with Gasteiger partial charge in [-0.15, -0.1) is 0 Å². The minimum atomic E-state index is 0.291. The highest BCUT2D eigenvalue weighted by Gasteiger charge is 2.53. The van der Waals surface area contributed by atoms with E-state index in [4.69, 9.17) is 0 Å². The van der Waals surface area contributed by atoms with Gasteiger partial charge in [0.15, 0.2) is 5.78 Å². The van der Waals surface area contributed by atoms with Crippen molar-refractivity contribution in [2.45, 2.75) is 13.3 Å². The number of likely N-dealkylation sites (N-methyl/N-ethyl adjacent to an activating group) is 1. The van der Waals surface area contributed by atoms with Gasteiger partial charge < -0.3 is 5.32 Å². The van der Waals surface area contributed by atoms with E-state index >= 15 is 0 Å². The van der Waals surface area contributed by atoms with Crippen molar-refractivity contribution in [1.82, 2.24) is 5.32 Å². The summed E-state index contributed by atoms with van der Waals surface area (Å²) in [6.45, 7) is 5.87. The molecule has 2 unspecified atom stereocenters. The fraction of sp³-hybridized carbons (Fsp3) is 0.500. The summed E-state index contributed by atoms with van der Waals surface area (Å²) in [5, 5.41) is 2.98. The Morgan fingerprint density at radius 1 is 1.58 bits per heavy atom. The van der Waals surface area contributed by atoms with Crippen molar-refractivity contribution in [2.24, 2.45) is 11.8 Å². The smallest absolute Gasteiger partial charge is 0.182 e. The Morgan fingerprint density at radius 3 is 2.67 bits per heavy atom. The predicted molar refractivity (Wildman–Crippen MR) is 47.5 cm³/mol. The molecule has 0 heterocycles. The Balaban J connectivity index is 2.42. The molecular formula is C10H13NO. The van der Waals surface area contributed by atoms with E-state index in [9.17, 15) is 4.79 Å². The van der Waals surface area contributed by atoms with Crippen LogP contribution in [0.2, 0.25) is 0 Å². The zero-order valence-electron chi connectivity index (χ0n) is 7.48. The number of hydrogen-bond donors (Lipinski definition) is 1. The SMILES string of the molecule is C=C(C)C1=C(NC)C(=O)C2CC12. The Hall–Kier alpha value is -1.05. The van der Waals surface area contributed by atoms with Crippen LogP contribution < -0.4 is 5.32 Å². The molecule has 2 nitrogen and oxygen atoms in total. The second-order valence-corrected chi connectivity index (χ2v) is 3.63. The van der Waals surface area contributed by atoms with Crippen molar-refractivity contribution in [3.05, 3.63) is 23.4 Å². The normalized spacial score (nSPS) is 32.0. The molecule has 1 saturated carbocycles. The summed E-state index contributed by atoms with van der Waals surface area (Å²) >= 11 is 0. The summed E-state index contributed by atoms with van der Waals surface area (Å²) in [6.07, 6.45) is 1.05. The molecule has 0 saturated heterocycles. The van der Waals surface area contributed by atoms with Crippen LogP contribution in [-0.4, -0.2) is 12.8 Å². The molecule has 2 heteroatoms. The van der Waals surface area contributed by atoms with E-state index in [0.29, 0.717) is 17.6 Å². The van der Waals surface area contributed by atoms with E-state index < -0.39 is 0 Å². The first-order valence-corrected chi connectivity index (χ1v) is 4.28. The van der Waals surface area contributed by atoms with Crippen LogP contribution in [0.25, 0.3) is 0 Å². The second-order valence-electron chi connectivity index (χ2n) is 3.63. The average Bonchev–Trinajstić information content (AvgIpc) is 2.72. The van der Waals surface area contributed by atoms with Gasteiger partial charge in [0.05, 0.1) is 5.70 Å². The van der Waals surface area contributed by atoms with Crippen LogP contribution in [-0.2, 0) is 4.79 Å². The topological polar surface area (TPSA) is 29.1 Å². The van der Waals surface area contributed by atoms with Gasteiger partial charge in [-0.2, -0.15) is 0 Å². The third-order valence-corrected chi connectivity index (χ3v) is 2.72. The predicted octanol–water partition coefficient (Wildman–Crippen LogP) is 1.25. The third-order valence-electron chi connectivity index (χ3n) is 2.72. The van der Waals surface area contributed by atoms with Gasteiger partial charge in [-0.05, 0) is 24.8 Å². The number of allylic oxidation sites excluding steroid dienone is 3. The van der Waals surface area contributed by atoms with E-state index in [1.807, 2.05) is 6.92 Å². The molecule has 0 spiro atoms. The number of nitrogens with one attached hydrogen (secondary N) is 1. The maximum atomic E-state index is 11.5. The lowest BCUT2D eigenvalue weighted by Crippen LogP contribution is -2.16. The summed E-state index contributed by atoms with van der Waals surface area (Å²) in [6, 6.07) is 0. The second kappa shape index (κ2) is 2.22. The number of fused-ring (bicyclic) bond motifs is 1. The van der Waals surface area contributed by atoms with Gasteiger partial charge in [0, 0.05) is 13.0 Å². The van der Waals surface area contributed by atoms with Crippen molar-refractivity contribution in [1.29, 1.82) is 0 Å². The number of rotatable bonds is 2. The first kappa shape index (κ1) is 7.59. The molecule has 0 aliphatic heterocycles. The van der Waals surface area contributed by atoms with Crippen LogP contribution in [0.5, 0.6) is 0 Å². The van der Waals surface area contributed by atoms with Crippen molar-refractivity contribution < 1.29 is 4.79 Å². The summed E-state index contributed by atoms with van der Waals surface area (Å²) in [4.78, 5) is 11.5. The van der Waals surface area contributed by atoms with Crippen LogP contribution >= 0.6 is 0 Å². The Kier molecular flexibility index (Phi) is 1.40. The van der Waals surface area contributed by atoms with Gasteiger partial charge in [0.25, 0.3) is 0 Å². The number of ketones is 1. The number of carbonyl (C=O) groups excluding carboxylic acids is 1. The zero-order valence-corrected chi connectivity index (χ0v) is 7.48. The third kappa shape index (κ3) is 0.779. The van der Waals surface area contributed by atoms with Gasteiger partial charge in [-0.3, -0.25) is 4.79 Å². The maximum absolute atomic E-state index is 11.5. The van der Waals surface area contributed by atoms with Crippen LogP contribution in [0.4, 0.5) is 0 Å². The van der Waals surface area contributed by atoms with Gasteiger partial charge in [0.2, 0.25) is 0 Å². The fourth-order valence-corrected chi connectivity index (χ4v) is 2.10. The number of Topliss-reactive ketones (excluding diaryl/α,β-unsaturated/α-hetero) is 1. The van der Waals surface area contributed by atoms with Crippen molar-refractivity contribution in [3.63, 3.8) is 0 Å². The number of hydrogen-bond acceptors (Lipinski definition) is 2. The summed E-state index contributed by atoms with van der Waals surface area (Å²) in [5.41, 5.74) is 3.02. The van der Waals surface area contributed by atoms with E-state index in [1.165, 1.54) is 5.57 Å². The maximum Gasteiger partial charge on any atom is 0.182 e. The molecular weight excluding hydrogens is 150 g/mol. The molecule has 0 bridgehead atoms. The average molecular weight is 163 g/mol. The Bertz CT molecular complexity index is 301. The summed E-state index contributed by atoms with van der Waals surface area (Å²) in [7, 11) is 1.81. The van der Waals surface area contributed by atoms with Crippen LogP contribution in [0.3, 0.4) is 0 Å². The lowest BCUT2D eigenvalue weighted by molar-refractivity contribution is -0.116. The molecule has 0 aromatic rings. The van der Waals surface area contributed by atoms with Gasteiger partial charge in [0.1, 0.15) is 0 Å². The monoisotopic (exact) mass is 163 g/mol. The number of carbonyl (C=O) groups is 1. The zero-order chi connectivity index (χ0) is 8.88. The van der Waals surface area contributed by atoms with E-state index in [2.05, 4.69) is 11.9 Å². The molecule has 0 amide bonds. The van der Waals surface area contributed by atoms with Gasteiger partial charge >= 0.3 is 0 Å². The fourth-order valence-electron chi connectivity index (χ4n) is 2.10. The molecule has 0 radical (unpaired) electrons. The summed E-state index contributed by atoms with van der Waals surface area (Å²) < 4.78 is 0. The minimum Gasteiger partial charge on any atom is -0.385 e. The summed E-state index contributed by atoms with van der Waals surface area (Å²) in [5.74, 6) is 1.08. The largest absolute Gasteiger partial charge is 0.385 e. The lowest BCUT2D eigenvalue weighted by Gasteiger charge is -2.07. The lowest BCUT2D eigenvalue weighted by atomic mass is 10.1. The molecule has 2 aliphatic rings. The van der Waals surface area contributed by atoms with Crippen LogP contribution in [0.15, 0.2) is 23.4 Å². The Morgan fingerprint density at radius 2 is 2.25 bits per heavy atom. The highest BCUT2D eigenvalue weighted by molar-refractivity contribution is 6.04. The molecule has 1 N–H and O–H groups in total. The first-order valence-electron chi connectivity index (χ1n) is 4.28. The standard InChI is InChI=1S/C10H13NO/c1-5(2)8-6-4-7(6)10(12)9(8)11-3/h6-7,11H,1,4H2,2-3H3.